The molecule has 29 heavy (non-hydrogen) atoms. The summed E-state index contributed by atoms with van der Waals surface area (Å²) in [6.07, 6.45) is -2.00. The molecule has 3 rings (SSSR count). The van der Waals surface area contributed by atoms with E-state index in [1.165, 1.54) is 0 Å². The van der Waals surface area contributed by atoms with Crippen LogP contribution in [0, 0.1) is 5.41 Å². The topological polar surface area (TPSA) is 98.7 Å². The summed E-state index contributed by atoms with van der Waals surface area (Å²) in [6.45, 7) is -5.71. The van der Waals surface area contributed by atoms with E-state index in [4.69, 9.17) is 11.0 Å². The minimum Gasteiger partial charge on any atom is -0.481 e. The Balaban J connectivity index is 1.71. The first-order chi connectivity index (χ1) is 17.0. The summed E-state index contributed by atoms with van der Waals surface area (Å²) in [5.74, 6) is -1.59. The van der Waals surface area contributed by atoms with Gasteiger partial charge in [0.05, 0.1) is 6.42 Å². The van der Waals surface area contributed by atoms with Crippen LogP contribution in [0.15, 0.2) is 18.5 Å². The number of rotatable bonds is 10. The van der Waals surface area contributed by atoms with Crippen LogP contribution in [0.25, 0.3) is 0 Å². The average molecular weight is 412 g/mol. The van der Waals surface area contributed by atoms with Crippen molar-refractivity contribution in [3.63, 3.8) is 0 Å². The average Bonchev–Trinajstić information content (AvgIpc) is 3.25. The van der Waals surface area contributed by atoms with E-state index >= 15 is 0 Å². The lowest BCUT2D eigenvalue weighted by molar-refractivity contribution is -0.140. The number of carbonyl (C=O) groups excluding carboxylic acids is 1. The highest BCUT2D eigenvalue weighted by molar-refractivity contribution is 5.78. The van der Waals surface area contributed by atoms with Crippen molar-refractivity contribution in [1.82, 2.24) is 20.2 Å². The molecule has 1 aliphatic heterocycles. The number of hydrogen-bond donors (Lipinski definition) is 2. The lowest BCUT2D eigenvalue weighted by Gasteiger charge is -2.34. The van der Waals surface area contributed by atoms with Gasteiger partial charge in [0, 0.05) is 62.5 Å². The molecular weight excluding hydrogens is 370 g/mol. The molecule has 160 valence electrons. The summed E-state index contributed by atoms with van der Waals surface area (Å²) < 4.78 is 66.9. The standard InChI is InChI=1S/C21H33N5O3/c27-18(16-21(17-19(28)29)6-1-2-7-21)22-8-3-4-11-25-12-14-26(15-13-25)20-23-9-5-10-24-20/h5,9-10H,1-4,6-8,11-17H2,(H,22,27)(H,28,29)/i3D2,4D2,8D2,11D2. The quantitative estimate of drug-likeness (QED) is 0.607. The van der Waals surface area contributed by atoms with Crippen LogP contribution in [0.5, 0.6) is 0 Å². The van der Waals surface area contributed by atoms with Gasteiger partial charge in [-0.2, -0.15) is 0 Å². The second kappa shape index (κ2) is 10.5. The number of nitrogens with zero attached hydrogens (tertiary/aromatic N) is 4. The van der Waals surface area contributed by atoms with Crippen LogP contribution in [0.2, 0.25) is 0 Å². The lowest BCUT2D eigenvalue weighted by Crippen LogP contribution is -2.47. The van der Waals surface area contributed by atoms with Gasteiger partial charge in [-0.3, -0.25) is 14.5 Å². The smallest absolute Gasteiger partial charge is 0.303 e. The molecule has 8 heteroatoms. The van der Waals surface area contributed by atoms with E-state index in [0.717, 1.165) is 17.7 Å². The van der Waals surface area contributed by atoms with Crippen LogP contribution in [-0.2, 0) is 9.59 Å². The highest BCUT2D eigenvalue weighted by atomic mass is 16.4. The zero-order valence-corrected chi connectivity index (χ0v) is 16.4. The van der Waals surface area contributed by atoms with Gasteiger partial charge in [0.1, 0.15) is 0 Å². The number of aromatic nitrogens is 2. The minimum atomic E-state index is -3.49. The Morgan fingerprint density at radius 3 is 2.45 bits per heavy atom. The largest absolute Gasteiger partial charge is 0.481 e. The highest BCUT2D eigenvalue weighted by Gasteiger charge is 2.37. The third kappa shape index (κ3) is 6.66. The number of carbonyl (C=O) groups is 2. The molecule has 0 atom stereocenters. The molecule has 0 radical (unpaired) electrons. The van der Waals surface area contributed by atoms with Gasteiger partial charge in [0.25, 0.3) is 0 Å². The van der Waals surface area contributed by atoms with E-state index in [2.05, 4.69) is 9.97 Å². The maximum Gasteiger partial charge on any atom is 0.303 e. The number of nitrogens with one attached hydrogen (secondary N) is 1. The van der Waals surface area contributed by atoms with Crippen molar-refractivity contribution in [3.05, 3.63) is 18.5 Å². The van der Waals surface area contributed by atoms with E-state index in [0.29, 0.717) is 18.8 Å². The zero-order valence-electron chi connectivity index (χ0n) is 24.4. The monoisotopic (exact) mass is 411 g/mol. The third-order valence-corrected chi connectivity index (χ3v) is 5.38. The number of amides is 1. The second-order valence-corrected chi connectivity index (χ2v) is 7.51. The molecular formula is C21H33N5O3. The van der Waals surface area contributed by atoms with Gasteiger partial charge in [-0.1, -0.05) is 12.8 Å². The van der Waals surface area contributed by atoms with E-state index in [9.17, 15) is 14.7 Å². The fourth-order valence-electron chi connectivity index (χ4n) is 3.96. The van der Waals surface area contributed by atoms with Crippen LogP contribution < -0.4 is 10.2 Å². The number of carboxylic acid groups (broad SMARTS) is 1. The zero-order chi connectivity index (χ0) is 27.7. The predicted molar refractivity (Wildman–Crippen MR) is 111 cm³/mol. The second-order valence-electron chi connectivity index (χ2n) is 7.51. The SMILES string of the molecule is [2H]C([2H])(NC(=O)CC1(CC(=O)O)CCCC1)C([2H])([2H])C([2H])([2H])C([2H])([2H])N1CCN(c2ncccn2)CC1. The first kappa shape index (κ1) is 13.2. The van der Waals surface area contributed by atoms with Crippen molar-refractivity contribution in [2.75, 3.05) is 44.1 Å². The number of hydrogen-bond acceptors (Lipinski definition) is 6. The predicted octanol–water partition coefficient (Wildman–Crippen LogP) is 1.92. The number of carboxylic acids is 1. The molecule has 1 aliphatic carbocycles. The summed E-state index contributed by atoms with van der Waals surface area (Å²) in [4.78, 5) is 35.2. The Morgan fingerprint density at radius 2 is 1.79 bits per heavy atom. The highest BCUT2D eigenvalue weighted by Crippen LogP contribution is 2.43. The molecule has 0 unspecified atom stereocenters. The fraction of sp³-hybridized carbons (Fsp3) is 0.714. The van der Waals surface area contributed by atoms with Gasteiger partial charge in [0.2, 0.25) is 11.9 Å². The molecule has 1 saturated carbocycles. The van der Waals surface area contributed by atoms with Gasteiger partial charge < -0.3 is 15.3 Å². The maximum absolute atomic E-state index is 12.7. The van der Waals surface area contributed by atoms with Gasteiger partial charge >= 0.3 is 5.97 Å². The Hall–Kier alpha value is -2.22. The summed E-state index contributed by atoms with van der Waals surface area (Å²) in [6, 6.07) is 1.65. The Labute approximate surface area is 183 Å². The van der Waals surface area contributed by atoms with Crippen molar-refractivity contribution in [2.24, 2.45) is 5.41 Å². The Bertz CT molecular complexity index is 968. The van der Waals surface area contributed by atoms with Crippen LogP contribution in [-0.4, -0.2) is 71.0 Å². The van der Waals surface area contributed by atoms with Crippen molar-refractivity contribution in [3.8, 4) is 0 Å². The number of aliphatic carboxylic acids is 1. The third-order valence-electron chi connectivity index (χ3n) is 5.38. The van der Waals surface area contributed by atoms with Crippen LogP contribution in [0.1, 0.15) is 62.2 Å². The molecule has 2 N–H and O–H groups in total. The molecule has 0 bridgehead atoms. The molecule has 1 aromatic rings. The summed E-state index contributed by atoms with van der Waals surface area (Å²) in [5, 5.41) is 11.2. The molecule has 0 aromatic carbocycles. The molecule has 0 spiro atoms. The van der Waals surface area contributed by atoms with Gasteiger partial charge in [0.15, 0.2) is 0 Å². The molecule has 2 heterocycles. The Morgan fingerprint density at radius 1 is 1.10 bits per heavy atom. The number of anilines is 1. The van der Waals surface area contributed by atoms with Gasteiger partial charge in [-0.15, -0.1) is 0 Å². The molecule has 1 amide bonds. The van der Waals surface area contributed by atoms with Crippen LogP contribution in [0.3, 0.4) is 0 Å². The number of piperazine rings is 1. The normalized spacial score (nSPS) is 25.3. The molecule has 1 aromatic heterocycles. The molecule has 2 aliphatic rings. The van der Waals surface area contributed by atoms with Gasteiger partial charge in [-0.05, 0) is 43.6 Å². The van der Waals surface area contributed by atoms with Crippen LogP contribution >= 0.6 is 0 Å². The fourth-order valence-corrected chi connectivity index (χ4v) is 3.96. The first-order valence-electron chi connectivity index (χ1n) is 13.8. The van der Waals surface area contributed by atoms with Crippen LogP contribution in [0.4, 0.5) is 5.95 Å². The summed E-state index contributed by atoms with van der Waals surface area (Å²) in [7, 11) is 0. The van der Waals surface area contributed by atoms with Crippen molar-refractivity contribution < 1.29 is 25.7 Å². The Kier molecular flexibility index (Phi) is 4.78. The summed E-state index contributed by atoms with van der Waals surface area (Å²) >= 11 is 0. The molecule has 1 saturated heterocycles. The minimum absolute atomic E-state index is 0.00785. The van der Waals surface area contributed by atoms with E-state index in [1.54, 1.807) is 23.4 Å². The first-order valence-corrected chi connectivity index (χ1v) is 9.85. The molecule has 2 fully saturated rings. The summed E-state index contributed by atoms with van der Waals surface area (Å²) in [5.41, 5.74) is -0.867. The van der Waals surface area contributed by atoms with E-state index in [1.807, 2.05) is 5.32 Å². The molecule has 8 nitrogen and oxygen atoms in total. The maximum atomic E-state index is 12.7. The van der Waals surface area contributed by atoms with E-state index < -0.39 is 43.0 Å². The van der Waals surface area contributed by atoms with Gasteiger partial charge in [-0.25, -0.2) is 9.97 Å². The van der Waals surface area contributed by atoms with Crippen molar-refractivity contribution in [1.29, 1.82) is 0 Å². The van der Waals surface area contributed by atoms with E-state index in [-0.39, 0.29) is 39.0 Å². The van der Waals surface area contributed by atoms with Crippen molar-refractivity contribution >= 4 is 17.8 Å². The van der Waals surface area contributed by atoms with Crippen molar-refractivity contribution in [2.45, 2.75) is 51.3 Å². The lowest BCUT2D eigenvalue weighted by atomic mass is 9.79.